The summed E-state index contributed by atoms with van der Waals surface area (Å²) in [7, 11) is 0. The van der Waals surface area contributed by atoms with Crippen molar-refractivity contribution in [2.24, 2.45) is 5.41 Å². The Morgan fingerprint density at radius 1 is 1.35 bits per heavy atom. The van der Waals surface area contributed by atoms with Gasteiger partial charge in [0.25, 0.3) is 5.91 Å². The van der Waals surface area contributed by atoms with E-state index in [9.17, 15) is 4.79 Å². The highest BCUT2D eigenvalue weighted by Gasteiger charge is 2.14. The van der Waals surface area contributed by atoms with Crippen molar-refractivity contribution in [3.63, 3.8) is 0 Å². The minimum Gasteiger partial charge on any atom is -0.492 e. The van der Waals surface area contributed by atoms with Gasteiger partial charge >= 0.3 is 0 Å². The number of amides is 1. The molecule has 1 rings (SSSR count). The largest absolute Gasteiger partial charge is 0.492 e. The maximum Gasteiger partial charge on any atom is 0.251 e. The van der Waals surface area contributed by atoms with Gasteiger partial charge in [0, 0.05) is 17.4 Å². The molecule has 0 aromatic heterocycles. The first-order chi connectivity index (χ1) is 9.33. The number of benzene rings is 1. The van der Waals surface area contributed by atoms with Crippen molar-refractivity contribution < 1.29 is 9.53 Å². The highest BCUT2D eigenvalue weighted by molar-refractivity contribution is 9.10. The maximum atomic E-state index is 12.1. The van der Waals surface area contributed by atoms with Crippen LogP contribution in [0.5, 0.6) is 5.75 Å². The summed E-state index contributed by atoms with van der Waals surface area (Å²) in [6, 6.07) is 5.41. The summed E-state index contributed by atoms with van der Waals surface area (Å²) in [5.74, 6) is 0.632. The van der Waals surface area contributed by atoms with Gasteiger partial charge in [-0.15, -0.1) is 0 Å². The Hall–Kier alpha value is -0.550. The molecule has 0 heterocycles. The van der Waals surface area contributed by atoms with Gasteiger partial charge in [0.15, 0.2) is 0 Å². The topological polar surface area (TPSA) is 38.3 Å². The monoisotopic (exact) mass is 405 g/mol. The Kier molecular flexibility index (Phi) is 7.03. The van der Waals surface area contributed by atoms with Gasteiger partial charge in [-0.3, -0.25) is 4.79 Å². The van der Waals surface area contributed by atoms with Crippen LogP contribution in [0.1, 0.15) is 37.6 Å². The van der Waals surface area contributed by atoms with E-state index in [1.54, 1.807) is 12.1 Å². The predicted octanol–water partition coefficient (Wildman–Crippen LogP) is 4.39. The van der Waals surface area contributed by atoms with Gasteiger partial charge in [0.2, 0.25) is 0 Å². The molecule has 0 atom stereocenters. The molecular weight excluding hydrogens is 386 g/mol. The highest BCUT2D eigenvalue weighted by Crippen LogP contribution is 2.26. The average Bonchev–Trinajstić information content (AvgIpc) is 2.37. The van der Waals surface area contributed by atoms with Gasteiger partial charge in [0.1, 0.15) is 5.75 Å². The van der Waals surface area contributed by atoms with Crippen molar-refractivity contribution >= 4 is 37.8 Å². The summed E-state index contributed by atoms with van der Waals surface area (Å²) in [4.78, 5) is 12.1. The molecule has 0 aliphatic rings. The number of carbonyl (C=O) groups excluding carboxylic acids is 1. The lowest BCUT2D eigenvalue weighted by atomic mass is 9.97. The molecule has 0 aliphatic heterocycles. The maximum absolute atomic E-state index is 12.1. The SMILES string of the molecule is CC(C)(C)CNC(=O)c1ccc(Br)c(OCCCBr)c1. The quantitative estimate of drug-likeness (QED) is 0.562. The fourth-order valence-corrected chi connectivity index (χ4v) is 2.03. The summed E-state index contributed by atoms with van der Waals surface area (Å²) in [5.41, 5.74) is 0.687. The Labute approximate surface area is 137 Å². The van der Waals surface area contributed by atoms with Gasteiger partial charge in [-0.05, 0) is 46.0 Å². The number of halogens is 2. The van der Waals surface area contributed by atoms with E-state index in [0.717, 1.165) is 16.2 Å². The van der Waals surface area contributed by atoms with Crippen LogP contribution in [-0.2, 0) is 0 Å². The van der Waals surface area contributed by atoms with Crippen molar-refractivity contribution in [2.75, 3.05) is 18.5 Å². The summed E-state index contributed by atoms with van der Waals surface area (Å²) in [5, 5.41) is 3.83. The standard InChI is InChI=1S/C15H21Br2NO2/c1-15(2,3)10-18-14(19)11-5-6-12(17)13(9-11)20-8-4-7-16/h5-6,9H,4,7-8,10H2,1-3H3,(H,18,19). The minimum atomic E-state index is -0.0715. The third kappa shape index (κ3) is 6.27. The zero-order valence-corrected chi connectivity index (χ0v) is 15.3. The van der Waals surface area contributed by atoms with Crippen LogP contribution in [0.2, 0.25) is 0 Å². The predicted molar refractivity (Wildman–Crippen MR) is 89.8 cm³/mol. The van der Waals surface area contributed by atoms with Gasteiger partial charge < -0.3 is 10.1 Å². The molecule has 0 radical (unpaired) electrons. The lowest BCUT2D eigenvalue weighted by molar-refractivity contribution is 0.0939. The molecule has 1 amide bonds. The third-order valence-corrected chi connectivity index (χ3v) is 3.72. The molecule has 5 heteroatoms. The molecule has 0 saturated heterocycles. The fraction of sp³-hybridized carbons (Fsp3) is 0.533. The summed E-state index contributed by atoms with van der Waals surface area (Å²) >= 11 is 6.80. The second-order valence-corrected chi connectivity index (χ2v) is 7.43. The van der Waals surface area contributed by atoms with Crippen LogP contribution in [0.4, 0.5) is 0 Å². The minimum absolute atomic E-state index is 0.0697. The number of hydrogen-bond donors (Lipinski definition) is 1. The first-order valence-corrected chi connectivity index (χ1v) is 8.51. The third-order valence-electron chi connectivity index (χ3n) is 2.51. The van der Waals surface area contributed by atoms with Crippen LogP contribution in [0.25, 0.3) is 0 Å². The molecule has 1 aromatic carbocycles. The van der Waals surface area contributed by atoms with Crippen LogP contribution in [-0.4, -0.2) is 24.4 Å². The number of ether oxygens (including phenoxy) is 1. The van der Waals surface area contributed by atoms with Crippen LogP contribution < -0.4 is 10.1 Å². The Bertz CT molecular complexity index is 456. The molecule has 1 aromatic rings. The molecule has 1 N–H and O–H groups in total. The van der Waals surface area contributed by atoms with Crippen LogP contribution in [0.15, 0.2) is 22.7 Å². The zero-order chi connectivity index (χ0) is 15.2. The summed E-state index contributed by atoms with van der Waals surface area (Å²) < 4.78 is 6.52. The number of alkyl halides is 1. The molecular formula is C15H21Br2NO2. The van der Waals surface area contributed by atoms with Crippen LogP contribution in [0, 0.1) is 5.41 Å². The Morgan fingerprint density at radius 2 is 2.05 bits per heavy atom. The Balaban J connectivity index is 2.70. The summed E-state index contributed by atoms with van der Waals surface area (Å²) in [6.07, 6.45) is 0.924. The molecule has 3 nitrogen and oxygen atoms in total. The van der Waals surface area contributed by atoms with E-state index in [4.69, 9.17) is 4.74 Å². The van der Waals surface area contributed by atoms with Crippen molar-refractivity contribution in [1.29, 1.82) is 0 Å². The lowest BCUT2D eigenvalue weighted by Crippen LogP contribution is -2.32. The van der Waals surface area contributed by atoms with Gasteiger partial charge in [-0.1, -0.05) is 36.7 Å². The van der Waals surface area contributed by atoms with E-state index in [2.05, 4.69) is 57.9 Å². The fourth-order valence-electron chi connectivity index (χ4n) is 1.44. The second kappa shape index (κ2) is 8.03. The number of nitrogens with one attached hydrogen (secondary N) is 1. The first-order valence-electron chi connectivity index (χ1n) is 6.60. The van der Waals surface area contributed by atoms with Crippen molar-refractivity contribution in [2.45, 2.75) is 27.2 Å². The molecule has 0 fully saturated rings. The van der Waals surface area contributed by atoms with Crippen molar-refractivity contribution in [1.82, 2.24) is 5.32 Å². The van der Waals surface area contributed by atoms with Gasteiger partial charge in [-0.2, -0.15) is 0 Å². The molecule has 20 heavy (non-hydrogen) atoms. The first kappa shape index (κ1) is 17.5. The van der Waals surface area contributed by atoms with E-state index in [-0.39, 0.29) is 11.3 Å². The van der Waals surface area contributed by atoms with Gasteiger partial charge in [0.05, 0.1) is 11.1 Å². The average molecular weight is 407 g/mol. The smallest absolute Gasteiger partial charge is 0.251 e. The normalized spacial score (nSPS) is 11.2. The number of rotatable bonds is 6. The Morgan fingerprint density at radius 3 is 2.65 bits per heavy atom. The van der Waals surface area contributed by atoms with Gasteiger partial charge in [-0.25, -0.2) is 0 Å². The molecule has 112 valence electrons. The van der Waals surface area contributed by atoms with Crippen LogP contribution >= 0.6 is 31.9 Å². The van der Waals surface area contributed by atoms with E-state index < -0.39 is 0 Å². The van der Waals surface area contributed by atoms with E-state index in [1.807, 2.05) is 6.07 Å². The molecule has 0 unspecified atom stereocenters. The van der Waals surface area contributed by atoms with E-state index >= 15 is 0 Å². The van der Waals surface area contributed by atoms with Crippen molar-refractivity contribution in [3.05, 3.63) is 28.2 Å². The summed E-state index contributed by atoms with van der Waals surface area (Å²) in [6.45, 7) is 7.52. The van der Waals surface area contributed by atoms with Crippen LogP contribution in [0.3, 0.4) is 0 Å². The number of hydrogen-bond acceptors (Lipinski definition) is 2. The second-order valence-electron chi connectivity index (χ2n) is 5.78. The molecule has 0 bridgehead atoms. The molecule has 0 spiro atoms. The van der Waals surface area contributed by atoms with E-state index in [1.165, 1.54) is 0 Å². The zero-order valence-electron chi connectivity index (χ0n) is 12.1. The number of carbonyl (C=O) groups is 1. The molecule has 0 aliphatic carbocycles. The molecule has 0 saturated carbocycles. The van der Waals surface area contributed by atoms with Crippen molar-refractivity contribution in [3.8, 4) is 5.75 Å². The highest BCUT2D eigenvalue weighted by atomic mass is 79.9. The lowest BCUT2D eigenvalue weighted by Gasteiger charge is -2.19. The van der Waals surface area contributed by atoms with E-state index in [0.29, 0.717) is 24.5 Å².